The fourth-order valence-electron chi connectivity index (χ4n) is 3.88. The lowest BCUT2D eigenvalue weighted by atomic mass is 9.72. The number of nitrogens with zero attached hydrogens (tertiary/aromatic N) is 1. The zero-order chi connectivity index (χ0) is 17.9. The number of phenolic OH excluding ortho intramolecular Hbond substituents is 1. The molecule has 0 saturated heterocycles. The van der Waals surface area contributed by atoms with Crippen LogP contribution >= 0.6 is 12.4 Å². The third kappa shape index (κ3) is 4.70. The molecule has 0 heterocycles. The zero-order valence-corrected chi connectivity index (χ0v) is 16.2. The highest BCUT2D eigenvalue weighted by atomic mass is 35.5. The van der Waals surface area contributed by atoms with Crippen LogP contribution in [0.3, 0.4) is 0 Å². The van der Waals surface area contributed by atoms with Crippen LogP contribution in [0.25, 0.3) is 0 Å². The first kappa shape index (κ1) is 20.6. The molecule has 142 valence electrons. The van der Waals surface area contributed by atoms with Crippen molar-refractivity contribution in [1.82, 2.24) is 4.90 Å². The molecule has 0 aliphatic heterocycles. The molecule has 5 heteroatoms. The van der Waals surface area contributed by atoms with Crippen LogP contribution in [0.5, 0.6) is 11.5 Å². The lowest BCUT2D eigenvalue weighted by Gasteiger charge is -2.42. The highest BCUT2D eigenvalue weighted by molar-refractivity contribution is 5.85. The number of ether oxygens (including phenoxy) is 1. The molecule has 0 bridgehead atoms. The molecule has 1 aliphatic rings. The molecule has 3 rings (SSSR count). The van der Waals surface area contributed by atoms with E-state index in [-0.39, 0.29) is 30.2 Å². The van der Waals surface area contributed by atoms with Crippen molar-refractivity contribution in [2.24, 2.45) is 5.92 Å². The topological polar surface area (TPSA) is 52.9 Å². The van der Waals surface area contributed by atoms with Gasteiger partial charge < -0.3 is 19.8 Å². The fraction of sp³-hybridized carbons (Fsp3) is 0.429. The molecule has 1 fully saturated rings. The molecule has 0 aromatic heterocycles. The number of phenols is 1. The Morgan fingerprint density at radius 2 is 1.73 bits per heavy atom. The summed E-state index contributed by atoms with van der Waals surface area (Å²) in [6, 6.07) is 17.0. The Hall–Kier alpha value is -1.75. The van der Waals surface area contributed by atoms with Crippen LogP contribution in [0, 0.1) is 5.92 Å². The maximum atomic E-state index is 11.3. The summed E-state index contributed by atoms with van der Waals surface area (Å²) in [5.41, 5.74) is -0.389. The first-order valence-electron chi connectivity index (χ1n) is 8.85. The van der Waals surface area contributed by atoms with E-state index in [2.05, 4.69) is 4.90 Å². The van der Waals surface area contributed by atoms with Crippen molar-refractivity contribution in [1.29, 1.82) is 0 Å². The van der Waals surface area contributed by atoms with Gasteiger partial charge in [-0.05, 0) is 51.6 Å². The van der Waals surface area contributed by atoms with Gasteiger partial charge in [0.15, 0.2) is 0 Å². The first-order valence-corrected chi connectivity index (χ1v) is 8.85. The average Bonchev–Trinajstić information content (AvgIpc) is 2.58. The number of aliphatic hydroxyl groups is 1. The van der Waals surface area contributed by atoms with Crippen molar-refractivity contribution in [3.63, 3.8) is 0 Å². The van der Waals surface area contributed by atoms with Gasteiger partial charge in [0, 0.05) is 18.0 Å². The van der Waals surface area contributed by atoms with E-state index in [0.29, 0.717) is 18.4 Å². The highest BCUT2D eigenvalue weighted by Gasteiger charge is 2.43. The Bertz CT molecular complexity index is 695. The van der Waals surface area contributed by atoms with Gasteiger partial charge in [-0.2, -0.15) is 0 Å². The van der Waals surface area contributed by atoms with E-state index in [1.54, 1.807) is 12.1 Å². The van der Waals surface area contributed by atoms with Crippen LogP contribution in [0.4, 0.5) is 0 Å². The lowest BCUT2D eigenvalue weighted by molar-refractivity contribution is -0.0665. The van der Waals surface area contributed by atoms with Crippen molar-refractivity contribution in [3.05, 3.63) is 60.2 Å². The number of para-hydroxylation sites is 2. The van der Waals surface area contributed by atoms with Crippen LogP contribution < -0.4 is 4.74 Å². The van der Waals surface area contributed by atoms with E-state index >= 15 is 0 Å². The SMILES string of the molecule is CN(C)CC1CC(O)(c2ccccc2O)CCC1Oc1ccccc1.Cl. The second-order valence-electron chi connectivity index (χ2n) is 7.28. The largest absolute Gasteiger partial charge is 0.508 e. The predicted octanol–water partition coefficient (Wildman–Crippen LogP) is 3.81. The van der Waals surface area contributed by atoms with Crippen molar-refractivity contribution >= 4 is 12.4 Å². The number of benzene rings is 2. The smallest absolute Gasteiger partial charge is 0.121 e. The molecule has 3 unspecified atom stereocenters. The van der Waals surface area contributed by atoms with E-state index in [0.717, 1.165) is 18.7 Å². The molecular formula is C21H28ClNO3. The third-order valence-electron chi connectivity index (χ3n) is 5.00. The number of hydrogen-bond donors (Lipinski definition) is 2. The van der Waals surface area contributed by atoms with Gasteiger partial charge in [-0.25, -0.2) is 0 Å². The normalized spacial score (nSPS) is 25.5. The summed E-state index contributed by atoms with van der Waals surface area (Å²) in [5.74, 6) is 1.20. The lowest BCUT2D eigenvalue weighted by Crippen LogP contribution is -2.45. The second-order valence-corrected chi connectivity index (χ2v) is 7.28. The number of hydrogen-bond acceptors (Lipinski definition) is 4. The van der Waals surface area contributed by atoms with Crippen molar-refractivity contribution in [2.45, 2.75) is 31.0 Å². The van der Waals surface area contributed by atoms with E-state index in [4.69, 9.17) is 4.74 Å². The maximum absolute atomic E-state index is 11.3. The molecule has 1 saturated carbocycles. The van der Waals surface area contributed by atoms with E-state index in [1.807, 2.05) is 56.6 Å². The van der Waals surface area contributed by atoms with Gasteiger partial charge in [-0.3, -0.25) is 0 Å². The molecule has 2 aromatic carbocycles. The molecule has 0 radical (unpaired) electrons. The fourth-order valence-corrected chi connectivity index (χ4v) is 3.88. The van der Waals surface area contributed by atoms with Crippen LogP contribution in [-0.4, -0.2) is 41.9 Å². The zero-order valence-electron chi connectivity index (χ0n) is 15.3. The number of aromatic hydroxyl groups is 1. The van der Waals surface area contributed by atoms with Crippen LogP contribution in [-0.2, 0) is 5.60 Å². The molecule has 26 heavy (non-hydrogen) atoms. The van der Waals surface area contributed by atoms with Gasteiger partial charge >= 0.3 is 0 Å². The Labute approximate surface area is 161 Å². The molecule has 0 amide bonds. The van der Waals surface area contributed by atoms with Gasteiger partial charge in [-0.1, -0.05) is 36.4 Å². The molecule has 1 aliphatic carbocycles. The summed E-state index contributed by atoms with van der Waals surface area (Å²) in [7, 11) is 4.07. The van der Waals surface area contributed by atoms with Gasteiger partial charge in [0.05, 0.1) is 5.60 Å². The van der Waals surface area contributed by atoms with E-state index < -0.39 is 5.60 Å². The molecule has 0 spiro atoms. The van der Waals surface area contributed by atoms with Crippen LogP contribution in [0.2, 0.25) is 0 Å². The van der Waals surface area contributed by atoms with E-state index in [9.17, 15) is 10.2 Å². The molecule has 2 N–H and O–H groups in total. The Morgan fingerprint density at radius 3 is 2.38 bits per heavy atom. The summed E-state index contributed by atoms with van der Waals surface area (Å²) in [6.07, 6.45) is 1.95. The minimum atomic E-state index is -1.01. The quantitative estimate of drug-likeness (QED) is 0.831. The maximum Gasteiger partial charge on any atom is 0.121 e. The summed E-state index contributed by atoms with van der Waals surface area (Å²) in [6.45, 7) is 0.827. The average molecular weight is 378 g/mol. The van der Waals surface area contributed by atoms with E-state index in [1.165, 1.54) is 0 Å². The molecular weight excluding hydrogens is 350 g/mol. The minimum Gasteiger partial charge on any atom is -0.508 e. The van der Waals surface area contributed by atoms with Crippen molar-refractivity contribution in [3.8, 4) is 11.5 Å². The van der Waals surface area contributed by atoms with Gasteiger partial charge in [0.2, 0.25) is 0 Å². The summed E-state index contributed by atoms with van der Waals surface area (Å²) in [5, 5.41) is 21.5. The first-order chi connectivity index (χ1) is 12.0. The van der Waals surface area contributed by atoms with Gasteiger partial charge in [0.1, 0.15) is 17.6 Å². The summed E-state index contributed by atoms with van der Waals surface area (Å²) in [4.78, 5) is 2.13. The highest BCUT2D eigenvalue weighted by Crippen LogP contribution is 2.44. The number of rotatable bonds is 5. The Kier molecular flexibility index (Phi) is 6.93. The van der Waals surface area contributed by atoms with Gasteiger partial charge in [-0.15, -0.1) is 12.4 Å². The second kappa shape index (κ2) is 8.76. The Morgan fingerprint density at radius 1 is 1.08 bits per heavy atom. The molecule has 3 atom stereocenters. The monoisotopic (exact) mass is 377 g/mol. The third-order valence-corrected chi connectivity index (χ3v) is 5.00. The van der Waals surface area contributed by atoms with Crippen LogP contribution in [0.15, 0.2) is 54.6 Å². The Balaban J connectivity index is 0.00000243. The standard InChI is InChI=1S/C21H27NO3.ClH/c1-22(2)15-16-14-21(24,18-10-6-7-11-19(18)23)13-12-20(16)25-17-8-4-3-5-9-17;/h3-11,16,20,23-24H,12-15H2,1-2H3;1H. The molecule has 4 nitrogen and oxygen atoms in total. The van der Waals surface area contributed by atoms with Crippen LogP contribution in [0.1, 0.15) is 24.8 Å². The summed E-state index contributed by atoms with van der Waals surface area (Å²) < 4.78 is 6.23. The predicted molar refractivity (Wildman–Crippen MR) is 106 cm³/mol. The van der Waals surface area contributed by atoms with Gasteiger partial charge in [0.25, 0.3) is 0 Å². The van der Waals surface area contributed by atoms with Crippen molar-refractivity contribution in [2.75, 3.05) is 20.6 Å². The number of halogens is 1. The minimum absolute atomic E-state index is 0. The summed E-state index contributed by atoms with van der Waals surface area (Å²) >= 11 is 0. The van der Waals surface area contributed by atoms with Crippen molar-refractivity contribution < 1.29 is 14.9 Å². The molecule has 2 aromatic rings.